The van der Waals surface area contributed by atoms with Crippen LogP contribution in [0.3, 0.4) is 0 Å². The molecular weight excluding hydrogens is 186 g/mol. The van der Waals surface area contributed by atoms with Crippen LogP contribution in [-0.4, -0.2) is 30.8 Å². The molecule has 2 nitrogen and oxygen atoms in total. The summed E-state index contributed by atoms with van der Waals surface area (Å²) in [6, 6.07) is 7.79. The molecule has 0 aliphatic rings. The van der Waals surface area contributed by atoms with Crippen molar-refractivity contribution in [2.45, 2.75) is 20.3 Å². The molecule has 0 saturated carbocycles. The molecule has 0 aliphatic heterocycles. The molecule has 2 heteroatoms. The number of carbonyl (C=O) groups is 1. The van der Waals surface area contributed by atoms with Crippen molar-refractivity contribution < 1.29 is 4.79 Å². The lowest BCUT2D eigenvalue weighted by Gasteiger charge is -2.12. The summed E-state index contributed by atoms with van der Waals surface area (Å²) < 4.78 is 0. The van der Waals surface area contributed by atoms with Crippen LogP contribution in [0.1, 0.15) is 29.3 Å². The summed E-state index contributed by atoms with van der Waals surface area (Å²) in [4.78, 5) is 13.9. The molecule has 0 N–H and O–H groups in total. The van der Waals surface area contributed by atoms with Crippen LogP contribution in [0.25, 0.3) is 0 Å². The maximum Gasteiger partial charge on any atom is 0.164 e. The third-order valence-corrected chi connectivity index (χ3v) is 2.60. The van der Waals surface area contributed by atoms with Gasteiger partial charge in [0.1, 0.15) is 0 Å². The fraction of sp³-hybridized carbons (Fsp3) is 0.462. The van der Waals surface area contributed by atoms with Crippen molar-refractivity contribution >= 4 is 5.78 Å². The van der Waals surface area contributed by atoms with Gasteiger partial charge >= 0.3 is 0 Å². The summed E-state index contributed by atoms with van der Waals surface area (Å²) in [6.07, 6.45) is 0.605. The van der Waals surface area contributed by atoms with Crippen molar-refractivity contribution in [3.8, 4) is 0 Å². The summed E-state index contributed by atoms with van der Waals surface area (Å²) in [7, 11) is 2.03. The number of carbonyl (C=O) groups excluding carboxylic acids is 1. The summed E-state index contributed by atoms with van der Waals surface area (Å²) in [5.41, 5.74) is 1.98. The molecule has 0 amide bonds. The van der Waals surface area contributed by atoms with Crippen molar-refractivity contribution in [2.75, 3.05) is 20.1 Å². The number of rotatable bonds is 5. The summed E-state index contributed by atoms with van der Waals surface area (Å²) in [5.74, 6) is 0.235. The molecule has 1 aromatic rings. The van der Waals surface area contributed by atoms with Crippen molar-refractivity contribution in [3.63, 3.8) is 0 Å². The van der Waals surface area contributed by atoms with Gasteiger partial charge in [-0.3, -0.25) is 4.79 Å². The van der Waals surface area contributed by atoms with Crippen LogP contribution in [-0.2, 0) is 0 Å². The average Bonchev–Trinajstić information content (AvgIpc) is 2.25. The normalized spacial score (nSPS) is 10.7. The Morgan fingerprint density at radius 3 is 2.73 bits per heavy atom. The van der Waals surface area contributed by atoms with Crippen molar-refractivity contribution in [3.05, 3.63) is 35.4 Å². The van der Waals surface area contributed by atoms with E-state index in [0.717, 1.165) is 24.2 Å². The topological polar surface area (TPSA) is 20.3 Å². The van der Waals surface area contributed by atoms with Gasteiger partial charge in [0.15, 0.2) is 5.78 Å². The molecule has 82 valence electrons. The molecular formula is C13H19NO. The smallest absolute Gasteiger partial charge is 0.164 e. The Hall–Kier alpha value is -1.15. The van der Waals surface area contributed by atoms with Crippen LogP contribution in [0.15, 0.2) is 24.3 Å². The average molecular weight is 205 g/mol. The maximum absolute atomic E-state index is 11.8. The van der Waals surface area contributed by atoms with E-state index in [-0.39, 0.29) is 5.78 Å². The third kappa shape index (κ3) is 3.84. The first-order chi connectivity index (χ1) is 7.13. The van der Waals surface area contributed by atoms with Crippen LogP contribution >= 0.6 is 0 Å². The molecule has 1 aromatic carbocycles. The second kappa shape index (κ2) is 5.66. The third-order valence-electron chi connectivity index (χ3n) is 2.60. The minimum Gasteiger partial charge on any atom is -0.306 e. The Labute approximate surface area is 91.9 Å². The quantitative estimate of drug-likeness (QED) is 0.688. The molecule has 0 aliphatic carbocycles. The van der Waals surface area contributed by atoms with E-state index in [9.17, 15) is 4.79 Å². The number of aryl methyl sites for hydroxylation is 1. The molecule has 0 spiro atoms. The Bertz CT molecular complexity index is 333. The first kappa shape index (κ1) is 11.9. The minimum atomic E-state index is 0.235. The van der Waals surface area contributed by atoms with Crippen molar-refractivity contribution in [1.29, 1.82) is 0 Å². The monoisotopic (exact) mass is 205 g/mol. The molecule has 0 radical (unpaired) electrons. The zero-order valence-electron chi connectivity index (χ0n) is 9.79. The fourth-order valence-corrected chi connectivity index (χ4v) is 1.41. The Kier molecular flexibility index (Phi) is 4.50. The Morgan fingerprint density at radius 2 is 2.13 bits per heavy atom. The van der Waals surface area contributed by atoms with E-state index in [1.54, 1.807) is 0 Å². The predicted molar refractivity (Wildman–Crippen MR) is 63.3 cm³/mol. The lowest BCUT2D eigenvalue weighted by atomic mass is 10.1. The van der Waals surface area contributed by atoms with Gasteiger partial charge < -0.3 is 4.90 Å². The number of benzene rings is 1. The largest absolute Gasteiger partial charge is 0.306 e. The lowest BCUT2D eigenvalue weighted by Crippen LogP contribution is -2.21. The van der Waals surface area contributed by atoms with E-state index in [1.807, 2.05) is 38.2 Å². The van der Waals surface area contributed by atoms with Crippen molar-refractivity contribution in [2.24, 2.45) is 0 Å². The highest BCUT2D eigenvalue weighted by molar-refractivity contribution is 5.96. The van der Waals surface area contributed by atoms with Gasteiger partial charge in [0.2, 0.25) is 0 Å². The van der Waals surface area contributed by atoms with Crippen LogP contribution in [0.4, 0.5) is 0 Å². The van der Waals surface area contributed by atoms with E-state index >= 15 is 0 Å². The van der Waals surface area contributed by atoms with Gasteiger partial charge in [-0.25, -0.2) is 0 Å². The molecule has 0 atom stereocenters. The molecule has 0 saturated heterocycles. The predicted octanol–water partition coefficient (Wildman–Crippen LogP) is 2.52. The Morgan fingerprint density at radius 1 is 1.40 bits per heavy atom. The lowest BCUT2D eigenvalue weighted by molar-refractivity contribution is 0.0970. The fourth-order valence-electron chi connectivity index (χ4n) is 1.41. The molecule has 0 fully saturated rings. The van der Waals surface area contributed by atoms with Crippen LogP contribution in [0.2, 0.25) is 0 Å². The van der Waals surface area contributed by atoms with E-state index in [1.165, 1.54) is 0 Å². The van der Waals surface area contributed by atoms with E-state index in [0.29, 0.717) is 6.42 Å². The number of Topliss-reactive ketones (excluding diaryl/α,β-unsaturated/α-hetero) is 1. The van der Waals surface area contributed by atoms with Crippen LogP contribution in [0, 0.1) is 6.92 Å². The number of hydrogen-bond acceptors (Lipinski definition) is 2. The SMILES string of the molecule is CCN(C)CCC(=O)c1cccc(C)c1. The van der Waals surface area contributed by atoms with Crippen LogP contribution in [0.5, 0.6) is 0 Å². The molecule has 0 bridgehead atoms. The minimum absolute atomic E-state index is 0.235. The number of hydrogen-bond donors (Lipinski definition) is 0. The summed E-state index contributed by atoms with van der Waals surface area (Å²) in [5, 5.41) is 0. The molecule has 15 heavy (non-hydrogen) atoms. The van der Waals surface area contributed by atoms with Gasteiger partial charge in [-0.05, 0) is 26.6 Å². The second-order valence-corrected chi connectivity index (χ2v) is 3.94. The van der Waals surface area contributed by atoms with E-state index in [2.05, 4.69) is 11.8 Å². The van der Waals surface area contributed by atoms with Crippen molar-refractivity contribution in [1.82, 2.24) is 4.90 Å². The van der Waals surface area contributed by atoms with Gasteiger partial charge in [-0.1, -0.05) is 30.7 Å². The highest BCUT2D eigenvalue weighted by Gasteiger charge is 2.06. The summed E-state index contributed by atoms with van der Waals surface area (Å²) in [6.45, 7) is 5.93. The van der Waals surface area contributed by atoms with E-state index < -0.39 is 0 Å². The zero-order chi connectivity index (χ0) is 11.3. The molecule has 1 rings (SSSR count). The van der Waals surface area contributed by atoms with Gasteiger partial charge in [-0.15, -0.1) is 0 Å². The molecule has 0 aromatic heterocycles. The number of nitrogens with zero attached hydrogens (tertiary/aromatic N) is 1. The van der Waals surface area contributed by atoms with Crippen LogP contribution < -0.4 is 0 Å². The van der Waals surface area contributed by atoms with Gasteiger partial charge in [0, 0.05) is 18.5 Å². The molecule has 0 unspecified atom stereocenters. The standard InChI is InChI=1S/C13H19NO/c1-4-14(3)9-8-13(15)12-7-5-6-11(2)10-12/h5-7,10H,4,8-9H2,1-3H3. The Balaban J connectivity index is 2.54. The first-order valence-electron chi connectivity index (χ1n) is 5.42. The van der Waals surface area contributed by atoms with Gasteiger partial charge in [0.25, 0.3) is 0 Å². The maximum atomic E-state index is 11.8. The first-order valence-corrected chi connectivity index (χ1v) is 5.42. The van der Waals surface area contributed by atoms with E-state index in [4.69, 9.17) is 0 Å². The highest BCUT2D eigenvalue weighted by atomic mass is 16.1. The number of ketones is 1. The van der Waals surface area contributed by atoms with Gasteiger partial charge in [-0.2, -0.15) is 0 Å². The van der Waals surface area contributed by atoms with Gasteiger partial charge in [0.05, 0.1) is 0 Å². The highest BCUT2D eigenvalue weighted by Crippen LogP contribution is 2.07. The second-order valence-electron chi connectivity index (χ2n) is 3.94. The zero-order valence-corrected chi connectivity index (χ0v) is 9.79. The molecule has 0 heterocycles. The summed E-state index contributed by atoms with van der Waals surface area (Å²) >= 11 is 0.